The molecule has 1 aliphatic heterocycles. The number of hydrogen-bond donors (Lipinski definition) is 1. The van der Waals surface area contributed by atoms with Crippen molar-refractivity contribution in [3.05, 3.63) is 54.1 Å². The van der Waals surface area contributed by atoms with Gasteiger partial charge in [-0.15, -0.1) is 0 Å². The summed E-state index contributed by atoms with van der Waals surface area (Å²) in [6.07, 6.45) is 0.00373. The first-order valence-corrected chi connectivity index (χ1v) is 9.50. The van der Waals surface area contributed by atoms with Crippen molar-refractivity contribution in [2.75, 3.05) is 27.3 Å². The highest BCUT2D eigenvalue weighted by Crippen LogP contribution is 2.24. The molecule has 3 rings (SSSR count). The zero-order chi connectivity index (χ0) is 20.1. The van der Waals surface area contributed by atoms with E-state index in [1.54, 1.807) is 38.5 Å². The SMILES string of the molecule is COc1ccc(Oc2ccc(C(=O)N[C@@H]3CN(C(C)C)C[C@H]3OC)cc2)cc1. The first-order chi connectivity index (χ1) is 13.5. The molecular formula is C22H28N2O4. The van der Waals surface area contributed by atoms with E-state index in [1.165, 1.54) is 0 Å². The van der Waals surface area contributed by atoms with Gasteiger partial charge in [-0.3, -0.25) is 9.69 Å². The van der Waals surface area contributed by atoms with E-state index in [0.717, 1.165) is 18.8 Å². The van der Waals surface area contributed by atoms with Crippen LogP contribution in [0.3, 0.4) is 0 Å². The second kappa shape index (κ2) is 9.08. The van der Waals surface area contributed by atoms with Crippen LogP contribution in [-0.4, -0.2) is 56.3 Å². The van der Waals surface area contributed by atoms with E-state index in [4.69, 9.17) is 14.2 Å². The van der Waals surface area contributed by atoms with Crippen molar-refractivity contribution in [2.24, 2.45) is 0 Å². The Kier molecular flexibility index (Phi) is 6.54. The summed E-state index contributed by atoms with van der Waals surface area (Å²) < 4.78 is 16.5. The van der Waals surface area contributed by atoms with Crippen LogP contribution in [0.15, 0.2) is 48.5 Å². The molecule has 2 aromatic carbocycles. The molecule has 0 unspecified atom stereocenters. The first kappa shape index (κ1) is 20.2. The van der Waals surface area contributed by atoms with Gasteiger partial charge in [-0.25, -0.2) is 0 Å². The smallest absolute Gasteiger partial charge is 0.251 e. The van der Waals surface area contributed by atoms with Crippen molar-refractivity contribution in [3.63, 3.8) is 0 Å². The van der Waals surface area contributed by atoms with Crippen molar-refractivity contribution in [2.45, 2.75) is 32.0 Å². The highest BCUT2D eigenvalue weighted by atomic mass is 16.5. The summed E-state index contributed by atoms with van der Waals surface area (Å²) in [6.45, 7) is 5.92. The van der Waals surface area contributed by atoms with E-state index < -0.39 is 0 Å². The van der Waals surface area contributed by atoms with Gasteiger partial charge in [0, 0.05) is 31.8 Å². The molecule has 150 valence electrons. The predicted octanol–water partition coefficient (Wildman–Crippen LogP) is 3.32. The lowest BCUT2D eigenvalue weighted by Gasteiger charge is -2.20. The number of nitrogens with zero attached hydrogens (tertiary/aromatic N) is 1. The van der Waals surface area contributed by atoms with Crippen molar-refractivity contribution in [1.29, 1.82) is 0 Å². The number of nitrogens with one attached hydrogen (secondary N) is 1. The third-order valence-electron chi connectivity index (χ3n) is 5.06. The highest BCUT2D eigenvalue weighted by Gasteiger charge is 2.35. The fourth-order valence-corrected chi connectivity index (χ4v) is 3.31. The number of hydrogen-bond acceptors (Lipinski definition) is 5. The summed E-state index contributed by atoms with van der Waals surface area (Å²) in [5.41, 5.74) is 0.597. The van der Waals surface area contributed by atoms with Gasteiger partial charge in [-0.1, -0.05) is 0 Å². The van der Waals surface area contributed by atoms with E-state index in [9.17, 15) is 4.79 Å². The number of carbonyl (C=O) groups is 1. The summed E-state index contributed by atoms with van der Waals surface area (Å²) >= 11 is 0. The number of benzene rings is 2. The second-order valence-electron chi connectivity index (χ2n) is 7.20. The van der Waals surface area contributed by atoms with Gasteiger partial charge in [0.1, 0.15) is 17.2 Å². The number of amides is 1. The molecule has 1 saturated heterocycles. The van der Waals surface area contributed by atoms with Gasteiger partial charge in [0.25, 0.3) is 5.91 Å². The summed E-state index contributed by atoms with van der Waals surface area (Å²) in [7, 11) is 3.32. The van der Waals surface area contributed by atoms with Crippen LogP contribution in [0.4, 0.5) is 0 Å². The molecule has 1 heterocycles. The molecule has 2 aromatic rings. The highest BCUT2D eigenvalue weighted by molar-refractivity contribution is 5.94. The van der Waals surface area contributed by atoms with E-state index in [-0.39, 0.29) is 18.1 Å². The number of rotatable bonds is 7. The standard InChI is InChI=1S/C22H28N2O4/c1-15(2)24-13-20(21(14-24)27-4)23-22(25)16-5-7-18(8-6-16)28-19-11-9-17(26-3)10-12-19/h5-12,15,20-21H,13-14H2,1-4H3,(H,23,25)/t20-,21-/m1/s1. The third kappa shape index (κ3) is 4.82. The molecule has 0 bridgehead atoms. The van der Waals surface area contributed by atoms with E-state index in [0.29, 0.717) is 23.1 Å². The second-order valence-corrected chi connectivity index (χ2v) is 7.20. The Hall–Kier alpha value is -2.57. The maximum absolute atomic E-state index is 12.6. The van der Waals surface area contributed by atoms with E-state index in [2.05, 4.69) is 24.1 Å². The molecule has 1 aliphatic rings. The monoisotopic (exact) mass is 384 g/mol. The van der Waals surface area contributed by atoms with Gasteiger partial charge in [0.05, 0.1) is 19.3 Å². The van der Waals surface area contributed by atoms with Gasteiger partial charge in [-0.05, 0) is 62.4 Å². The largest absolute Gasteiger partial charge is 0.497 e. The van der Waals surface area contributed by atoms with Crippen LogP contribution in [0.1, 0.15) is 24.2 Å². The average Bonchev–Trinajstić information content (AvgIpc) is 3.12. The van der Waals surface area contributed by atoms with E-state index >= 15 is 0 Å². The average molecular weight is 384 g/mol. The Morgan fingerprint density at radius 3 is 2.07 bits per heavy atom. The minimum Gasteiger partial charge on any atom is -0.497 e. The van der Waals surface area contributed by atoms with Gasteiger partial charge in [0.2, 0.25) is 0 Å². The maximum Gasteiger partial charge on any atom is 0.251 e. The number of likely N-dealkylation sites (tertiary alicyclic amines) is 1. The minimum atomic E-state index is -0.103. The summed E-state index contributed by atoms with van der Waals surface area (Å²) in [5, 5.41) is 3.10. The van der Waals surface area contributed by atoms with Crippen LogP contribution in [0.2, 0.25) is 0 Å². The van der Waals surface area contributed by atoms with Crippen molar-refractivity contribution < 1.29 is 19.0 Å². The van der Waals surface area contributed by atoms with Crippen molar-refractivity contribution >= 4 is 5.91 Å². The lowest BCUT2D eigenvalue weighted by molar-refractivity contribution is 0.0753. The molecule has 6 nitrogen and oxygen atoms in total. The maximum atomic E-state index is 12.6. The van der Waals surface area contributed by atoms with Crippen molar-refractivity contribution in [1.82, 2.24) is 10.2 Å². The van der Waals surface area contributed by atoms with Gasteiger partial charge in [0.15, 0.2) is 0 Å². The van der Waals surface area contributed by atoms with Crippen LogP contribution in [0.25, 0.3) is 0 Å². The molecule has 1 N–H and O–H groups in total. The lowest BCUT2D eigenvalue weighted by Crippen LogP contribution is -2.43. The van der Waals surface area contributed by atoms with Crippen LogP contribution in [0, 0.1) is 0 Å². The Morgan fingerprint density at radius 1 is 0.964 bits per heavy atom. The Bertz CT molecular complexity index is 774. The molecule has 0 aromatic heterocycles. The fourth-order valence-electron chi connectivity index (χ4n) is 3.31. The molecule has 1 fully saturated rings. The Balaban J connectivity index is 1.60. The minimum absolute atomic E-state index is 0.00373. The molecule has 1 amide bonds. The number of ether oxygens (including phenoxy) is 3. The van der Waals surface area contributed by atoms with Crippen LogP contribution in [0.5, 0.6) is 17.2 Å². The van der Waals surface area contributed by atoms with Crippen LogP contribution in [-0.2, 0) is 4.74 Å². The Labute approximate surface area is 166 Å². The Morgan fingerprint density at radius 2 is 1.54 bits per heavy atom. The summed E-state index contributed by atoms with van der Waals surface area (Å²) in [4.78, 5) is 14.9. The molecule has 6 heteroatoms. The molecule has 0 spiro atoms. The summed E-state index contributed by atoms with van der Waals surface area (Å²) in [6, 6.07) is 14.9. The predicted molar refractivity (Wildman–Crippen MR) is 108 cm³/mol. The molecular weight excluding hydrogens is 356 g/mol. The van der Waals surface area contributed by atoms with Crippen LogP contribution < -0.4 is 14.8 Å². The molecule has 2 atom stereocenters. The normalized spacial score (nSPS) is 19.6. The lowest BCUT2D eigenvalue weighted by atomic mass is 10.1. The fraction of sp³-hybridized carbons (Fsp3) is 0.409. The number of carbonyl (C=O) groups excluding carboxylic acids is 1. The van der Waals surface area contributed by atoms with Crippen LogP contribution >= 0.6 is 0 Å². The zero-order valence-corrected chi connectivity index (χ0v) is 16.8. The molecule has 28 heavy (non-hydrogen) atoms. The number of methoxy groups -OCH3 is 2. The first-order valence-electron chi connectivity index (χ1n) is 9.50. The van der Waals surface area contributed by atoms with Crippen molar-refractivity contribution in [3.8, 4) is 17.2 Å². The van der Waals surface area contributed by atoms with Gasteiger partial charge in [-0.2, -0.15) is 0 Å². The topological polar surface area (TPSA) is 60.0 Å². The molecule has 0 aliphatic carbocycles. The molecule has 0 radical (unpaired) electrons. The van der Waals surface area contributed by atoms with E-state index in [1.807, 2.05) is 24.3 Å². The van der Waals surface area contributed by atoms with Gasteiger partial charge >= 0.3 is 0 Å². The zero-order valence-electron chi connectivity index (χ0n) is 16.8. The quantitative estimate of drug-likeness (QED) is 0.794. The summed E-state index contributed by atoms with van der Waals surface area (Å²) in [5.74, 6) is 2.05. The molecule has 0 saturated carbocycles. The third-order valence-corrected chi connectivity index (χ3v) is 5.06. The van der Waals surface area contributed by atoms with Gasteiger partial charge < -0.3 is 19.5 Å².